The molecule has 2 aromatic carbocycles. The first kappa shape index (κ1) is 15.6. The summed E-state index contributed by atoms with van der Waals surface area (Å²) in [5.74, 6) is -0.399. The van der Waals surface area contributed by atoms with Crippen molar-refractivity contribution in [2.45, 2.75) is 12.3 Å². The Hall–Kier alpha value is -2.33. The van der Waals surface area contributed by atoms with Gasteiger partial charge in [0.2, 0.25) is 0 Å². The van der Waals surface area contributed by atoms with Gasteiger partial charge in [0.15, 0.2) is 0 Å². The van der Waals surface area contributed by atoms with Gasteiger partial charge in [-0.25, -0.2) is 0 Å². The number of carboxylic acid groups (broad SMARTS) is 1. The molecule has 0 bridgehead atoms. The number of anilines is 1. The minimum atomic E-state index is -0.824. The number of aliphatic carboxylic acids is 1. The lowest BCUT2D eigenvalue weighted by atomic mass is 9.90. The van der Waals surface area contributed by atoms with Gasteiger partial charge in [-0.05, 0) is 17.2 Å². The van der Waals surface area contributed by atoms with Crippen LogP contribution in [0.2, 0.25) is 0 Å². The maximum Gasteiger partial charge on any atom is 0.307 e. The van der Waals surface area contributed by atoms with Crippen LogP contribution in [0, 0.1) is 5.92 Å². The van der Waals surface area contributed by atoms with E-state index < -0.39 is 5.97 Å². The summed E-state index contributed by atoms with van der Waals surface area (Å²) in [5.41, 5.74) is 3.02. The Morgan fingerprint density at radius 2 is 1.74 bits per heavy atom. The fourth-order valence-electron chi connectivity index (χ4n) is 3.46. The van der Waals surface area contributed by atoms with E-state index in [9.17, 15) is 9.90 Å². The van der Waals surface area contributed by atoms with Crippen LogP contribution >= 0.6 is 0 Å². The average molecular weight is 311 g/mol. The summed E-state index contributed by atoms with van der Waals surface area (Å²) in [6.07, 6.45) is 0.0203. The van der Waals surface area contributed by atoms with Gasteiger partial charge in [0.05, 0.1) is 6.42 Å². The molecule has 0 unspecified atom stereocenters. The number of benzene rings is 2. The molecule has 2 atom stereocenters. The number of aliphatic hydroxyl groups is 1. The Kier molecular flexibility index (Phi) is 4.63. The van der Waals surface area contributed by atoms with Gasteiger partial charge in [0, 0.05) is 37.2 Å². The summed E-state index contributed by atoms with van der Waals surface area (Å²) in [6, 6.07) is 17.9. The molecular formula is C19H21NO3. The second-order valence-corrected chi connectivity index (χ2v) is 6.06. The highest BCUT2D eigenvalue weighted by molar-refractivity contribution is 5.73. The quantitative estimate of drug-likeness (QED) is 0.891. The summed E-state index contributed by atoms with van der Waals surface area (Å²) in [7, 11) is 0. The van der Waals surface area contributed by atoms with Crippen LogP contribution in [0.1, 0.15) is 17.0 Å². The van der Waals surface area contributed by atoms with E-state index in [1.807, 2.05) is 42.5 Å². The molecule has 0 spiro atoms. The Morgan fingerprint density at radius 3 is 2.43 bits per heavy atom. The molecule has 4 heteroatoms. The topological polar surface area (TPSA) is 60.8 Å². The van der Waals surface area contributed by atoms with Crippen LogP contribution in [-0.2, 0) is 11.2 Å². The lowest BCUT2D eigenvalue weighted by molar-refractivity contribution is -0.136. The Balaban J connectivity index is 1.87. The van der Waals surface area contributed by atoms with Crippen molar-refractivity contribution in [2.75, 3.05) is 24.6 Å². The Labute approximate surface area is 136 Å². The van der Waals surface area contributed by atoms with Gasteiger partial charge in [-0.2, -0.15) is 0 Å². The number of nitrogens with zero attached hydrogens (tertiary/aromatic N) is 1. The molecule has 4 nitrogen and oxygen atoms in total. The first-order chi connectivity index (χ1) is 11.2. The van der Waals surface area contributed by atoms with E-state index in [4.69, 9.17) is 5.11 Å². The molecule has 2 N–H and O–H groups in total. The van der Waals surface area contributed by atoms with Crippen LogP contribution in [-0.4, -0.2) is 35.9 Å². The monoisotopic (exact) mass is 311 g/mol. The third-order valence-corrected chi connectivity index (χ3v) is 4.58. The van der Waals surface area contributed by atoms with Crippen LogP contribution in [0.15, 0.2) is 54.6 Å². The smallest absolute Gasteiger partial charge is 0.307 e. The second-order valence-electron chi connectivity index (χ2n) is 6.06. The van der Waals surface area contributed by atoms with E-state index in [0.717, 1.165) is 24.3 Å². The lowest BCUT2D eigenvalue weighted by Gasteiger charge is -2.21. The van der Waals surface area contributed by atoms with E-state index in [-0.39, 0.29) is 24.9 Å². The molecule has 3 rings (SSSR count). The molecule has 1 fully saturated rings. The van der Waals surface area contributed by atoms with E-state index in [1.165, 1.54) is 5.56 Å². The predicted molar refractivity (Wildman–Crippen MR) is 89.8 cm³/mol. The predicted octanol–water partition coefficient (Wildman–Crippen LogP) is 2.53. The largest absolute Gasteiger partial charge is 0.481 e. The van der Waals surface area contributed by atoms with Gasteiger partial charge in [-0.1, -0.05) is 48.5 Å². The number of rotatable bonds is 5. The molecule has 1 heterocycles. The molecule has 120 valence electrons. The highest BCUT2D eigenvalue weighted by Gasteiger charge is 2.34. The number of aliphatic hydroxyl groups excluding tert-OH is 1. The highest BCUT2D eigenvalue weighted by Crippen LogP contribution is 2.36. The van der Waals surface area contributed by atoms with Gasteiger partial charge in [0.25, 0.3) is 0 Å². The first-order valence-electron chi connectivity index (χ1n) is 7.89. The van der Waals surface area contributed by atoms with E-state index in [1.54, 1.807) is 0 Å². The molecule has 0 aromatic heterocycles. The van der Waals surface area contributed by atoms with E-state index in [2.05, 4.69) is 17.0 Å². The minimum absolute atomic E-state index is 0.0203. The molecule has 0 saturated carbocycles. The van der Waals surface area contributed by atoms with Crippen molar-refractivity contribution >= 4 is 11.7 Å². The normalized spacial score (nSPS) is 20.7. The third kappa shape index (κ3) is 3.37. The highest BCUT2D eigenvalue weighted by atomic mass is 16.4. The van der Waals surface area contributed by atoms with Crippen LogP contribution in [0.25, 0.3) is 0 Å². The van der Waals surface area contributed by atoms with Crippen molar-refractivity contribution in [1.29, 1.82) is 0 Å². The van der Waals surface area contributed by atoms with Gasteiger partial charge < -0.3 is 15.1 Å². The van der Waals surface area contributed by atoms with Crippen molar-refractivity contribution < 1.29 is 15.0 Å². The molecule has 0 radical (unpaired) electrons. The number of carboxylic acids is 1. The molecule has 0 amide bonds. The minimum Gasteiger partial charge on any atom is -0.481 e. The fraction of sp³-hybridized carbons (Fsp3) is 0.316. The van der Waals surface area contributed by atoms with Crippen LogP contribution < -0.4 is 4.90 Å². The maximum absolute atomic E-state index is 11.1. The van der Waals surface area contributed by atoms with Gasteiger partial charge in [-0.3, -0.25) is 4.79 Å². The van der Waals surface area contributed by atoms with Crippen molar-refractivity contribution in [3.8, 4) is 0 Å². The fourth-order valence-corrected chi connectivity index (χ4v) is 3.46. The standard InChI is InChI=1S/C19H21NO3/c21-13-16-11-20(12-17(16)14-6-2-1-3-7-14)18-9-5-4-8-15(18)10-19(22)23/h1-9,16-17,21H,10-13H2,(H,22,23)/t16-,17-/m1/s1. The number of hydrogen-bond acceptors (Lipinski definition) is 3. The van der Waals surface area contributed by atoms with Crippen molar-refractivity contribution in [3.63, 3.8) is 0 Å². The summed E-state index contributed by atoms with van der Waals surface area (Å²) in [6.45, 7) is 1.68. The SMILES string of the molecule is O=C(O)Cc1ccccc1N1C[C@H](CO)[C@@H](c2ccccc2)C1. The Morgan fingerprint density at radius 1 is 1.04 bits per heavy atom. The molecule has 1 aliphatic heterocycles. The van der Waals surface area contributed by atoms with Crippen molar-refractivity contribution in [1.82, 2.24) is 0 Å². The number of hydrogen-bond donors (Lipinski definition) is 2. The van der Waals surface area contributed by atoms with E-state index >= 15 is 0 Å². The maximum atomic E-state index is 11.1. The summed E-state index contributed by atoms with van der Waals surface area (Å²) in [5, 5.41) is 18.9. The number of para-hydroxylation sites is 1. The summed E-state index contributed by atoms with van der Waals surface area (Å²) in [4.78, 5) is 13.3. The van der Waals surface area contributed by atoms with E-state index in [0.29, 0.717) is 0 Å². The molecule has 0 aliphatic carbocycles. The Bertz CT molecular complexity index is 671. The second kappa shape index (κ2) is 6.84. The zero-order valence-corrected chi connectivity index (χ0v) is 12.9. The lowest BCUT2D eigenvalue weighted by Crippen LogP contribution is -2.22. The summed E-state index contributed by atoms with van der Waals surface area (Å²) >= 11 is 0. The zero-order valence-electron chi connectivity index (χ0n) is 12.9. The third-order valence-electron chi connectivity index (χ3n) is 4.58. The number of carbonyl (C=O) groups is 1. The average Bonchev–Trinajstić information content (AvgIpc) is 3.00. The van der Waals surface area contributed by atoms with Crippen molar-refractivity contribution in [3.05, 3.63) is 65.7 Å². The van der Waals surface area contributed by atoms with Crippen LogP contribution in [0.3, 0.4) is 0 Å². The first-order valence-corrected chi connectivity index (χ1v) is 7.89. The zero-order chi connectivity index (χ0) is 16.2. The van der Waals surface area contributed by atoms with Crippen LogP contribution in [0.4, 0.5) is 5.69 Å². The van der Waals surface area contributed by atoms with Gasteiger partial charge >= 0.3 is 5.97 Å². The molecule has 2 aromatic rings. The van der Waals surface area contributed by atoms with Gasteiger partial charge in [0.1, 0.15) is 0 Å². The molecule has 23 heavy (non-hydrogen) atoms. The molecular weight excluding hydrogens is 290 g/mol. The molecule has 1 saturated heterocycles. The van der Waals surface area contributed by atoms with Gasteiger partial charge in [-0.15, -0.1) is 0 Å². The molecule has 1 aliphatic rings. The van der Waals surface area contributed by atoms with Crippen molar-refractivity contribution in [2.24, 2.45) is 5.92 Å². The van der Waals surface area contributed by atoms with Crippen LogP contribution in [0.5, 0.6) is 0 Å². The summed E-state index contributed by atoms with van der Waals surface area (Å²) < 4.78 is 0.